The number of carbonyl (C=O) groups is 4. The number of anilines is 2. The lowest BCUT2D eigenvalue weighted by atomic mass is 9.97. The quantitative estimate of drug-likeness (QED) is 0.404. The minimum absolute atomic E-state index is 0.0361. The third kappa shape index (κ3) is 2.94. The van der Waals surface area contributed by atoms with E-state index in [1.807, 2.05) is 0 Å². The van der Waals surface area contributed by atoms with Gasteiger partial charge in [0.2, 0.25) is 0 Å². The Balaban J connectivity index is 1.67. The predicted octanol–water partition coefficient (Wildman–Crippen LogP) is 3.00. The van der Waals surface area contributed by atoms with Gasteiger partial charge in [-0.3, -0.25) is 14.4 Å². The molecule has 7 nitrogen and oxygen atoms in total. The molecule has 7 heteroatoms. The molecule has 1 aliphatic rings. The maximum absolute atomic E-state index is 12.8. The number of benzene rings is 3. The lowest BCUT2D eigenvalue weighted by Gasteiger charge is -2.14. The van der Waals surface area contributed by atoms with Gasteiger partial charge in [-0.2, -0.15) is 0 Å². The number of carboxylic acids is 1. The van der Waals surface area contributed by atoms with Gasteiger partial charge in [0, 0.05) is 16.8 Å². The van der Waals surface area contributed by atoms with Gasteiger partial charge in [-0.25, -0.2) is 9.69 Å². The predicted molar refractivity (Wildman–Crippen MR) is 105 cm³/mol. The van der Waals surface area contributed by atoms with E-state index in [-0.39, 0.29) is 22.4 Å². The number of amides is 2. The highest BCUT2D eigenvalue weighted by Crippen LogP contribution is 2.29. The number of nitrogen functional groups attached to an aromatic ring is 1. The van der Waals surface area contributed by atoms with E-state index >= 15 is 0 Å². The summed E-state index contributed by atoms with van der Waals surface area (Å²) in [5.41, 5.74) is 6.94. The minimum Gasteiger partial charge on any atom is -0.478 e. The second-order valence-corrected chi connectivity index (χ2v) is 6.48. The molecule has 4 rings (SSSR count). The third-order valence-electron chi connectivity index (χ3n) is 4.70. The first-order valence-electron chi connectivity index (χ1n) is 8.64. The highest BCUT2D eigenvalue weighted by atomic mass is 16.4. The topological polar surface area (TPSA) is 118 Å². The molecule has 29 heavy (non-hydrogen) atoms. The molecule has 1 heterocycles. The maximum Gasteiger partial charge on any atom is 0.336 e. The van der Waals surface area contributed by atoms with Gasteiger partial charge in [0.25, 0.3) is 11.8 Å². The summed E-state index contributed by atoms with van der Waals surface area (Å²) in [6.07, 6.45) is 0. The Morgan fingerprint density at radius 1 is 0.793 bits per heavy atom. The highest BCUT2D eigenvalue weighted by Gasteiger charge is 2.36. The average molecular weight is 386 g/mol. The standard InChI is InChI=1S/C22H14N2O5/c23-13-7-10-17(22(28)29)18(11-13)19(25)12-5-8-14(9-6-12)24-20(26)15-3-1-2-4-16(15)21(24)27/h1-11H,23H2,(H,28,29). The molecule has 142 valence electrons. The number of rotatable bonds is 4. The summed E-state index contributed by atoms with van der Waals surface area (Å²) < 4.78 is 0. The van der Waals surface area contributed by atoms with Gasteiger partial charge < -0.3 is 10.8 Å². The van der Waals surface area contributed by atoms with Crippen molar-refractivity contribution in [2.24, 2.45) is 0 Å². The molecule has 3 N–H and O–H groups in total. The molecule has 0 bridgehead atoms. The zero-order valence-corrected chi connectivity index (χ0v) is 15.0. The number of fused-ring (bicyclic) bond motifs is 1. The van der Waals surface area contributed by atoms with Crippen LogP contribution in [-0.4, -0.2) is 28.7 Å². The summed E-state index contributed by atoms with van der Waals surface area (Å²) >= 11 is 0. The highest BCUT2D eigenvalue weighted by molar-refractivity contribution is 6.34. The number of carboxylic acid groups (broad SMARTS) is 1. The van der Waals surface area contributed by atoms with E-state index in [1.165, 1.54) is 42.5 Å². The fourth-order valence-electron chi connectivity index (χ4n) is 3.28. The normalized spacial score (nSPS) is 12.8. The van der Waals surface area contributed by atoms with Crippen molar-refractivity contribution in [2.45, 2.75) is 0 Å². The second-order valence-electron chi connectivity index (χ2n) is 6.48. The van der Waals surface area contributed by atoms with E-state index in [2.05, 4.69) is 0 Å². The van der Waals surface area contributed by atoms with Gasteiger partial charge in [-0.15, -0.1) is 0 Å². The first-order valence-corrected chi connectivity index (χ1v) is 8.64. The Kier molecular flexibility index (Phi) is 4.20. The number of hydrogen-bond acceptors (Lipinski definition) is 5. The van der Waals surface area contributed by atoms with Crippen molar-refractivity contribution < 1.29 is 24.3 Å². The molecule has 0 unspecified atom stereocenters. The van der Waals surface area contributed by atoms with Gasteiger partial charge >= 0.3 is 5.97 Å². The van der Waals surface area contributed by atoms with Gasteiger partial charge in [0.05, 0.1) is 22.4 Å². The number of carbonyl (C=O) groups excluding carboxylic acids is 3. The molecule has 0 aromatic heterocycles. The van der Waals surface area contributed by atoms with Crippen LogP contribution in [0.1, 0.15) is 47.0 Å². The van der Waals surface area contributed by atoms with E-state index in [0.717, 1.165) is 4.90 Å². The number of nitrogens with zero attached hydrogens (tertiary/aromatic N) is 1. The summed E-state index contributed by atoms with van der Waals surface area (Å²) in [5.74, 6) is -2.64. The molecule has 3 aromatic carbocycles. The molecule has 3 aromatic rings. The Labute approximate surface area is 165 Å². The molecule has 0 spiro atoms. The first kappa shape index (κ1) is 18.1. The summed E-state index contributed by atoms with van der Waals surface area (Å²) in [5, 5.41) is 9.31. The Morgan fingerprint density at radius 2 is 1.38 bits per heavy atom. The molecule has 0 radical (unpaired) electrons. The van der Waals surface area contributed by atoms with E-state index in [0.29, 0.717) is 16.8 Å². The van der Waals surface area contributed by atoms with Gasteiger partial charge in [-0.05, 0) is 54.6 Å². The lowest BCUT2D eigenvalue weighted by Crippen LogP contribution is -2.29. The molecular formula is C22H14N2O5. The number of aromatic carboxylic acids is 1. The summed E-state index contributed by atoms with van der Waals surface area (Å²) in [6, 6.07) is 16.4. The molecule has 0 saturated carbocycles. The molecular weight excluding hydrogens is 372 g/mol. The Morgan fingerprint density at radius 3 is 1.93 bits per heavy atom. The monoisotopic (exact) mass is 386 g/mol. The van der Waals surface area contributed by atoms with Gasteiger partial charge in [-0.1, -0.05) is 12.1 Å². The van der Waals surface area contributed by atoms with Crippen LogP contribution >= 0.6 is 0 Å². The average Bonchev–Trinajstić information content (AvgIpc) is 2.98. The number of nitrogens with two attached hydrogens (primary N) is 1. The van der Waals surface area contributed by atoms with Crippen molar-refractivity contribution in [2.75, 3.05) is 10.6 Å². The lowest BCUT2D eigenvalue weighted by molar-refractivity contribution is 0.0692. The minimum atomic E-state index is -1.24. The number of hydrogen-bond donors (Lipinski definition) is 2. The molecule has 0 aliphatic carbocycles. The second kappa shape index (κ2) is 6.72. The van der Waals surface area contributed by atoms with Crippen molar-refractivity contribution in [1.29, 1.82) is 0 Å². The van der Waals surface area contributed by atoms with Crippen LogP contribution in [0.4, 0.5) is 11.4 Å². The maximum atomic E-state index is 12.8. The van der Waals surface area contributed by atoms with Crippen LogP contribution in [0.5, 0.6) is 0 Å². The Bertz CT molecular complexity index is 1160. The van der Waals surface area contributed by atoms with E-state index < -0.39 is 23.6 Å². The summed E-state index contributed by atoms with van der Waals surface area (Å²) in [7, 11) is 0. The fourth-order valence-corrected chi connectivity index (χ4v) is 3.28. The molecule has 1 aliphatic heterocycles. The molecule has 0 fully saturated rings. The summed E-state index contributed by atoms with van der Waals surface area (Å²) in [4.78, 5) is 50.4. The molecule has 0 saturated heterocycles. The van der Waals surface area contributed by atoms with E-state index in [1.54, 1.807) is 24.3 Å². The van der Waals surface area contributed by atoms with Crippen LogP contribution < -0.4 is 10.6 Å². The van der Waals surface area contributed by atoms with Crippen molar-refractivity contribution in [3.63, 3.8) is 0 Å². The largest absolute Gasteiger partial charge is 0.478 e. The smallest absolute Gasteiger partial charge is 0.336 e. The van der Waals surface area contributed by atoms with Crippen LogP contribution in [0, 0.1) is 0 Å². The van der Waals surface area contributed by atoms with Crippen LogP contribution in [-0.2, 0) is 0 Å². The van der Waals surface area contributed by atoms with Crippen molar-refractivity contribution >= 4 is 34.9 Å². The van der Waals surface area contributed by atoms with Gasteiger partial charge in [0.1, 0.15) is 0 Å². The van der Waals surface area contributed by atoms with Crippen LogP contribution in [0.25, 0.3) is 0 Å². The third-order valence-corrected chi connectivity index (χ3v) is 4.70. The molecule has 2 amide bonds. The number of ketones is 1. The zero-order chi connectivity index (χ0) is 20.7. The van der Waals surface area contributed by atoms with Crippen LogP contribution in [0.3, 0.4) is 0 Å². The summed E-state index contributed by atoms with van der Waals surface area (Å²) in [6.45, 7) is 0. The Hall–Kier alpha value is -4.26. The van der Waals surface area contributed by atoms with Crippen LogP contribution in [0.15, 0.2) is 66.7 Å². The van der Waals surface area contributed by atoms with Gasteiger partial charge in [0.15, 0.2) is 5.78 Å². The molecule has 0 atom stereocenters. The zero-order valence-electron chi connectivity index (χ0n) is 15.0. The van der Waals surface area contributed by atoms with Crippen molar-refractivity contribution in [1.82, 2.24) is 0 Å². The van der Waals surface area contributed by atoms with E-state index in [9.17, 15) is 24.3 Å². The van der Waals surface area contributed by atoms with Crippen molar-refractivity contribution in [3.8, 4) is 0 Å². The van der Waals surface area contributed by atoms with E-state index in [4.69, 9.17) is 5.73 Å². The number of imide groups is 1. The fraction of sp³-hybridized carbons (Fsp3) is 0. The first-order chi connectivity index (χ1) is 13.9. The van der Waals surface area contributed by atoms with Crippen LogP contribution in [0.2, 0.25) is 0 Å². The van der Waals surface area contributed by atoms with Crippen molar-refractivity contribution in [3.05, 3.63) is 94.5 Å². The SMILES string of the molecule is Nc1ccc(C(=O)O)c(C(=O)c2ccc(N3C(=O)c4ccccc4C3=O)cc2)c1.